The maximum Gasteiger partial charge on any atom is 0.115 e. The molecule has 0 amide bonds. The molecular formula is C11H14O2. The number of aliphatic hydroxyl groups is 1. The van der Waals surface area contributed by atoms with Crippen molar-refractivity contribution in [1.29, 1.82) is 0 Å². The Morgan fingerprint density at radius 1 is 1.38 bits per heavy atom. The van der Waals surface area contributed by atoms with Gasteiger partial charge in [-0.15, -0.1) is 0 Å². The smallest absolute Gasteiger partial charge is 0.115 e. The van der Waals surface area contributed by atoms with E-state index in [1.165, 1.54) is 0 Å². The molecule has 13 heavy (non-hydrogen) atoms. The minimum absolute atomic E-state index is 0.237. The molecule has 1 unspecified atom stereocenters. The van der Waals surface area contributed by atoms with Crippen LogP contribution in [0.1, 0.15) is 30.9 Å². The Morgan fingerprint density at radius 3 is 2.92 bits per heavy atom. The number of fused-ring (bicyclic) bond motifs is 1. The van der Waals surface area contributed by atoms with E-state index in [2.05, 4.69) is 0 Å². The Labute approximate surface area is 77.8 Å². The second kappa shape index (κ2) is 2.74. The minimum Gasteiger partial charge on any atom is -0.508 e. The maximum absolute atomic E-state index is 10.0. The third-order valence-corrected chi connectivity index (χ3v) is 2.78. The summed E-state index contributed by atoms with van der Waals surface area (Å²) in [4.78, 5) is 0. The number of benzene rings is 1. The van der Waals surface area contributed by atoms with Crippen molar-refractivity contribution in [2.24, 2.45) is 0 Å². The first kappa shape index (κ1) is 8.57. The molecule has 0 heterocycles. The highest BCUT2D eigenvalue weighted by Gasteiger charge is 2.29. The fourth-order valence-corrected chi connectivity index (χ4v) is 2.04. The van der Waals surface area contributed by atoms with E-state index in [-0.39, 0.29) is 5.75 Å². The Bertz CT molecular complexity index is 329. The minimum atomic E-state index is -0.758. The second-order valence-electron chi connectivity index (χ2n) is 3.97. The van der Waals surface area contributed by atoms with E-state index >= 15 is 0 Å². The van der Waals surface area contributed by atoms with Crippen LogP contribution in [0.2, 0.25) is 0 Å². The summed E-state index contributed by atoms with van der Waals surface area (Å²) in [5.41, 5.74) is 1.29. The standard InChI is InChI=1S/C11H14O2/c1-11(13)6-2-3-8-4-5-9(12)7-10(8)11/h4-5,7,12-13H,2-3,6H2,1H3. The topological polar surface area (TPSA) is 40.5 Å². The zero-order chi connectivity index (χ0) is 9.47. The van der Waals surface area contributed by atoms with Gasteiger partial charge in [0.25, 0.3) is 0 Å². The lowest BCUT2D eigenvalue weighted by Gasteiger charge is -2.30. The van der Waals surface area contributed by atoms with E-state index in [4.69, 9.17) is 0 Å². The van der Waals surface area contributed by atoms with Crippen molar-refractivity contribution in [3.05, 3.63) is 29.3 Å². The lowest BCUT2D eigenvalue weighted by Crippen LogP contribution is -2.26. The summed E-state index contributed by atoms with van der Waals surface area (Å²) in [7, 11) is 0. The Hall–Kier alpha value is -1.02. The van der Waals surface area contributed by atoms with Gasteiger partial charge in [-0.05, 0) is 49.4 Å². The summed E-state index contributed by atoms with van der Waals surface area (Å²) in [6.45, 7) is 1.81. The molecule has 70 valence electrons. The molecule has 2 rings (SSSR count). The summed E-state index contributed by atoms with van der Waals surface area (Å²) in [6.07, 6.45) is 2.81. The first-order chi connectivity index (χ1) is 6.09. The van der Waals surface area contributed by atoms with Crippen LogP contribution in [0.3, 0.4) is 0 Å². The largest absolute Gasteiger partial charge is 0.508 e. The molecule has 0 fully saturated rings. The van der Waals surface area contributed by atoms with E-state index in [1.54, 1.807) is 12.1 Å². The number of rotatable bonds is 0. The molecule has 1 atom stereocenters. The van der Waals surface area contributed by atoms with Crippen LogP contribution in [0.5, 0.6) is 5.75 Å². The number of hydrogen-bond acceptors (Lipinski definition) is 2. The zero-order valence-electron chi connectivity index (χ0n) is 7.75. The fraction of sp³-hybridized carbons (Fsp3) is 0.455. The van der Waals surface area contributed by atoms with Crippen molar-refractivity contribution in [2.45, 2.75) is 31.8 Å². The quantitative estimate of drug-likeness (QED) is 0.637. The number of aromatic hydroxyl groups is 1. The molecule has 0 aromatic heterocycles. The van der Waals surface area contributed by atoms with Crippen LogP contribution in [0.15, 0.2) is 18.2 Å². The number of phenols is 1. The van der Waals surface area contributed by atoms with Crippen LogP contribution >= 0.6 is 0 Å². The maximum atomic E-state index is 10.0. The van der Waals surface area contributed by atoms with Gasteiger partial charge in [-0.3, -0.25) is 0 Å². The van der Waals surface area contributed by atoms with Crippen molar-refractivity contribution in [2.75, 3.05) is 0 Å². The van der Waals surface area contributed by atoms with Crippen molar-refractivity contribution >= 4 is 0 Å². The van der Waals surface area contributed by atoms with Gasteiger partial charge in [0.1, 0.15) is 5.75 Å². The fourth-order valence-electron chi connectivity index (χ4n) is 2.04. The Balaban J connectivity index is 2.55. The van der Waals surface area contributed by atoms with Gasteiger partial charge in [0.2, 0.25) is 0 Å². The van der Waals surface area contributed by atoms with Gasteiger partial charge in [0.15, 0.2) is 0 Å². The summed E-state index contributed by atoms with van der Waals surface area (Å²) >= 11 is 0. The molecule has 1 aliphatic carbocycles. The molecule has 0 radical (unpaired) electrons. The van der Waals surface area contributed by atoms with Crippen molar-refractivity contribution in [3.63, 3.8) is 0 Å². The molecule has 0 saturated heterocycles. The Morgan fingerprint density at radius 2 is 2.15 bits per heavy atom. The van der Waals surface area contributed by atoms with E-state index in [0.717, 1.165) is 30.4 Å². The average Bonchev–Trinajstić information content (AvgIpc) is 2.06. The third-order valence-electron chi connectivity index (χ3n) is 2.78. The van der Waals surface area contributed by atoms with Gasteiger partial charge in [-0.1, -0.05) is 6.07 Å². The molecule has 0 bridgehead atoms. The second-order valence-corrected chi connectivity index (χ2v) is 3.97. The first-order valence-electron chi connectivity index (χ1n) is 4.64. The summed E-state index contributed by atoms with van der Waals surface area (Å²) in [5.74, 6) is 0.237. The third kappa shape index (κ3) is 1.42. The monoisotopic (exact) mass is 178 g/mol. The summed E-state index contributed by atoms with van der Waals surface area (Å²) in [5, 5.41) is 19.3. The molecular weight excluding hydrogens is 164 g/mol. The van der Waals surface area contributed by atoms with Gasteiger partial charge in [0, 0.05) is 0 Å². The predicted molar refractivity (Wildman–Crippen MR) is 50.6 cm³/mol. The van der Waals surface area contributed by atoms with Crippen LogP contribution < -0.4 is 0 Å². The highest BCUT2D eigenvalue weighted by atomic mass is 16.3. The van der Waals surface area contributed by atoms with E-state index in [0.29, 0.717) is 0 Å². The molecule has 2 heteroatoms. The molecule has 1 aromatic carbocycles. The van der Waals surface area contributed by atoms with Crippen molar-refractivity contribution in [1.82, 2.24) is 0 Å². The molecule has 0 spiro atoms. The van der Waals surface area contributed by atoms with Crippen molar-refractivity contribution < 1.29 is 10.2 Å². The van der Waals surface area contributed by atoms with E-state index in [9.17, 15) is 10.2 Å². The molecule has 2 nitrogen and oxygen atoms in total. The summed E-state index contributed by atoms with van der Waals surface area (Å²) in [6, 6.07) is 5.26. The van der Waals surface area contributed by atoms with Gasteiger partial charge in [-0.25, -0.2) is 0 Å². The number of hydrogen-bond donors (Lipinski definition) is 2. The van der Waals surface area contributed by atoms with Gasteiger partial charge in [0.05, 0.1) is 5.60 Å². The van der Waals surface area contributed by atoms with Crippen LogP contribution in [-0.2, 0) is 12.0 Å². The molecule has 0 saturated carbocycles. The highest BCUT2D eigenvalue weighted by molar-refractivity contribution is 5.39. The average molecular weight is 178 g/mol. The molecule has 0 aliphatic heterocycles. The van der Waals surface area contributed by atoms with E-state index < -0.39 is 5.60 Å². The summed E-state index contributed by atoms with van der Waals surface area (Å²) < 4.78 is 0. The van der Waals surface area contributed by atoms with Crippen LogP contribution in [-0.4, -0.2) is 10.2 Å². The highest BCUT2D eigenvalue weighted by Crippen LogP contribution is 2.36. The lowest BCUT2D eigenvalue weighted by atomic mass is 9.80. The van der Waals surface area contributed by atoms with Crippen LogP contribution in [0.25, 0.3) is 0 Å². The van der Waals surface area contributed by atoms with Crippen LogP contribution in [0, 0.1) is 0 Å². The van der Waals surface area contributed by atoms with Crippen LogP contribution in [0.4, 0.5) is 0 Å². The number of phenolic OH excluding ortho intramolecular Hbond substituents is 1. The Kier molecular flexibility index (Phi) is 1.81. The zero-order valence-corrected chi connectivity index (χ0v) is 7.75. The number of aryl methyl sites for hydroxylation is 1. The SMILES string of the molecule is CC1(O)CCCc2ccc(O)cc21. The van der Waals surface area contributed by atoms with Gasteiger partial charge in [-0.2, -0.15) is 0 Å². The van der Waals surface area contributed by atoms with E-state index in [1.807, 2.05) is 13.0 Å². The molecule has 1 aliphatic rings. The first-order valence-corrected chi connectivity index (χ1v) is 4.64. The van der Waals surface area contributed by atoms with Crippen molar-refractivity contribution in [3.8, 4) is 5.75 Å². The lowest BCUT2D eigenvalue weighted by molar-refractivity contribution is 0.0385. The van der Waals surface area contributed by atoms with Gasteiger partial charge < -0.3 is 10.2 Å². The predicted octanol–water partition coefficient (Wildman–Crippen LogP) is 1.94. The van der Waals surface area contributed by atoms with Gasteiger partial charge >= 0.3 is 0 Å². The molecule has 1 aromatic rings. The normalized spacial score (nSPS) is 26.9. The molecule has 2 N–H and O–H groups in total.